The molecule has 1 saturated heterocycles. The molecule has 76 valence electrons. The van der Waals surface area contributed by atoms with Gasteiger partial charge < -0.3 is 4.90 Å². The molecule has 1 unspecified atom stereocenters. The number of piperazine rings is 1. The monoisotopic (exact) mass is 184 g/mol. The molecule has 3 nitrogen and oxygen atoms in total. The van der Waals surface area contributed by atoms with Gasteiger partial charge in [0.2, 0.25) is 0 Å². The van der Waals surface area contributed by atoms with E-state index in [0.29, 0.717) is 18.2 Å². The van der Waals surface area contributed by atoms with Crippen LogP contribution in [0.3, 0.4) is 0 Å². The minimum atomic E-state index is 0.298. The number of Topliss-reactive ketones (excluding diaryl/α,β-unsaturated/α-hetero) is 1. The van der Waals surface area contributed by atoms with Gasteiger partial charge in [0.1, 0.15) is 5.78 Å². The minimum absolute atomic E-state index is 0.298. The Morgan fingerprint density at radius 2 is 1.85 bits per heavy atom. The standard InChI is InChI=1S/C10H20N2O/c1-9(8-10(2)13)12-6-4-11(3)5-7-12/h9H,4-8H2,1-3H3. The van der Waals surface area contributed by atoms with E-state index in [4.69, 9.17) is 0 Å². The summed E-state index contributed by atoms with van der Waals surface area (Å²) in [5, 5.41) is 0. The van der Waals surface area contributed by atoms with Gasteiger partial charge in [0, 0.05) is 38.6 Å². The first kappa shape index (κ1) is 10.7. The predicted molar refractivity (Wildman–Crippen MR) is 53.8 cm³/mol. The molecule has 0 bridgehead atoms. The van der Waals surface area contributed by atoms with Gasteiger partial charge in [0.25, 0.3) is 0 Å². The fourth-order valence-corrected chi connectivity index (χ4v) is 1.81. The number of rotatable bonds is 3. The van der Waals surface area contributed by atoms with Gasteiger partial charge in [-0.15, -0.1) is 0 Å². The normalized spacial score (nSPS) is 23.0. The summed E-state index contributed by atoms with van der Waals surface area (Å²) in [6.07, 6.45) is 0.698. The molecular formula is C10H20N2O. The van der Waals surface area contributed by atoms with Crippen molar-refractivity contribution < 1.29 is 4.79 Å². The zero-order chi connectivity index (χ0) is 9.84. The first-order valence-electron chi connectivity index (χ1n) is 5.01. The summed E-state index contributed by atoms with van der Waals surface area (Å²) >= 11 is 0. The number of hydrogen-bond donors (Lipinski definition) is 0. The lowest BCUT2D eigenvalue weighted by Crippen LogP contribution is -2.48. The van der Waals surface area contributed by atoms with E-state index in [1.54, 1.807) is 6.92 Å². The zero-order valence-electron chi connectivity index (χ0n) is 8.92. The molecule has 0 saturated carbocycles. The molecule has 1 fully saturated rings. The largest absolute Gasteiger partial charge is 0.304 e. The molecule has 0 spiro atoms. The highest BCUT2D eigenvalue weighted by Crippen LogP contribution is 2.07. The van der Waals surface area contributed by atoms with E-state index in [0.717, 1.165) is 26.2 Å². The van der Waals surface area contributed by atoms with Crippen LogP contribution in [0.4, 0.5) is 0 Å². The molecule has 1 atom stereocenters. The van der Waals surface area contributed by atoms with Gasteiger partial charge in [-0.2, -0.15) is 0 Å². The third kappa shape index (κ3) is 3.44. The van der Waals surface area contributed by atoms with E-state index in [1.165, 1.54) is 0 Å². The molecule has 0 amide bonds. The fraction of sp³-hybridized carbons (Fsp3) is 0.900. The quantitative estimate of drug-likeness (QED) is 0.642. The van der Waals surface area contributed by atoms with Crippen LogP contribution in [0.1, 0.15) is 20.3 Å². The van der Waals surface area contributed by atoms with Gasteiger partial charge in [-0.1, -0.05) is 0 Å². The summed E-state index contributed by atoms with van der Waals surface area (Å²) in [5.41, 5.74) is 0. The number of carbonyl (C=O) groups is 1. The van der Waals surface area contributed by atoms with Crippen LogP contribution in [-0.4, -0.2) is 54.9 Å². The Kier molecular flexibility index (Phi) is 3.88. The third-order valence-electron chi connectivity index (χ3n) is 2.74. The van der Waals surface area contributed by atoms with E-state index in [9.17, 15) is 4.79 Å². The Balaban J connectivity index is 2.31. The van der Waals surface area contributed by atoms with Crippen LogP contribution in [0.15, 0.2) is 0 Å². The molecule has 1 aliphatic heterocycles. The average molecular weight is 184 g/mol. The SMILES string of the molecule is CC(=O)CC(C)N1CCN(C)CC1. The van der Waals surface area contributed by atoms with Crippen LogP contribution < -0.4 is 0 Å². The lowest BCUT2D eigenvalue weighted by molar-refractivity contribution is -0.118. The van der Waals surface area contributed by atoms with Crippen molar-refractivity contribution in [1.82, 2.24) is 9.80 Å². The molecule has 0 radical (unpaired) electrons. The van der Waals surface area contributed by atoms with Gasteiger partial charge in [0.15, 0.2) is 0 Å². The summed E-state index contributed by atoms with van der Waals surface area (Å²) in [5.74, 6) is 0.298. The van der Waals surface area contributed by atoms with Gasteiger partial charge in [-0.3, -0.25) is 9.69 Å². The lowest BCUT2D eigenvalue weighted by Gasteiger charge is -2.36. The smallest absolute Gasteiger partial charge is 0.131 e. The van der Waals surface area contributed by atoms with Gasteiger partial charge in [0.05, 0.1) is 0 Å². The first-order chi connectivity index (χ1) is 6.09. The van der Waals surface area contributed by atoms with Crippen molar-refractivity contribution in [3.05, 3.63) is 0 Å². The molecule has 3 heteroatoms. The molecular weight excluding hydrogens is 164 g/mol. The van der Waals surface area contributed by atoms with E-state index in [-0.39, 0.29) is 0 Å². The molecule has 0 aliphatic carbocycles. The van der Waals surface area contributed by atoms with Gasteiger partial charge >= 0.3 is 0 Å². The molecule has 13 heavy (non-hydrogen) atoms. The number of nitrogens with zero attached hydrogens (tertiary/aromatic N) is 2. The molecule has 1 aliphatic rings. The second-order valence-corrected chi connectivity index (χ2v) is 4.09. The van der Waals surface area contributed by atoms with Gasteiger partial charge in [-0.05, 0) is 20.9 Å². The Morgan fingerprint density at radius 1 is 1.31 bits per heavy atom. The van der Waals surface area contributed by atoms with Crippen molar-refractivity contribution in [1.29, 1.82) is 0 Å². The Bertz CT molecular complexity index is 174. The first-order valence-corrected chi connectivity index (χ1v) is 5.01. The highest BCUT2D eigenvalue weighted by molar-refractivity contribution is 5.76. The van der Waals surface area contributed by atoms with Crippen LogP contribution >= 0.6 is 0 Å². The summed E-state index contributed by atoms with van der Waals surface area (Å²) < 4.78 is 0. The highest BCUT2D eigenvalue weighted by atomic mass is 16.1. The van der Waals surface area contributed by atoms with Crippen molar-refractivity contribution >= 4 is 5.78 Å². The van der Waals surface area contributed by atoms with Crippen molar-refractivity contribution in [2.75, 3.05) is 33.2 Å². The summed E-state index contributed by atoms with van der Waals surface area (Å²) in [4.78, 5) is 15.7. The number of likely N-dealkylation sites (N-methyl/N-ethyl adjacent to an activating group) is 1. The van der Waals surface area contributed by atoms with Crippen molar-refractivity contribution in [2.45, 2.75) is 26.3 Å². The molecule has 0 aromatic heterocycles. The summed E-state index contributed by atoms with van der Waals surface area (Å²) in [6, 6.07) is 0.422. The molecule has 0 N–H and O–H groups in total. The van der Waals surface area contributed by atoms with Gasteiger partial charge in [-0.25, -0.2) is 0 Å². The Hall–Kier alpha value is -0.410. The predicted octanol–water partition coefficient (Wildman–Crippen LogP) is 0.601. The number of carbonyl (C=O) groups excluding carboxylic acids is 1. The zero-order valence-corrected chi connectivity index (χ0v) is 8.92. The number of hydrogen-bond acceptors (Lipinski definition) is 3. The molecule has 0 aromatic rings. The minimum Gasteiger partial charge on any atom is -0.304 e. The van der Waals surface area contributed by atoms with Crippen molar-refractivity contribution in [2.24, 2.45) is 0 Å². The van der Waals surface area contributed by atoms with Crippen molar-refractivity contribution in [3.63, 3.8) is 0 Å². The topological polar surface area (TPSA) is 23.6 Å². The maximum absolute atomic E-state index is 10.9. The Morgan fingerprint density at radius 3 is 2.31 bits per heavy atom. The van der Waals surface area contributed by atoms with E-state index in [2.05, 4.69) is 23.8 Å². The third-order valence-corrected chi connectivity index (χ3v) is 2.74. The fourth-order valence-electron chi connectivity index (χ4n) is 1.81. The number of ketones is 1. The van der Waals surface area contributed by atoms with E-state index >= 15 is 0 Å². The summed E-state index contributed by atoms with van der Waals surface area (Å²) in [6.45, 7) is 8.28. The second-order valence-electron chi connectivity index (χ2n) is 4.09. The summed E-state index contributed by atoms with van der Waals surface area (Å²) in [7, 11) is 2.15. The molecule has 1 rings (SSSR count). The van der Waals surface area contributed by atoms with Crippen LogP contribution in [0, 0.1) is 0 Å². The van der Waals surface area contributed by atoms with E-state index < -0.39 is 0 Å². The van der Waals surface area contributed by atoms with Crippen LogP contribution in [0.2, 0.25) is 0 Å². The molecule has 0 aromatic carbocycles. The molecule has 1 heterocycles. The highest BCUT2D eigenvalue weighted by Gasteiger charge is 2.19. The van der Waals surface area contributed by atoms with Crippen LogP contribution in [-0.2, 0) is 4.79 Å². The maximum Gasteiger partial charge on any atom is 0.131 e. The maximum atomic E-state index is 10.9. The lowest BCUT2D eigenvalue weighted by atomic mass is 10.1. The average Bonchev–Trinajstić information content (AvgIpc) is 2.04. The van der Waals surface area contributed by atoms with Crippen LogP contribution in [0.5, 0.6) is 0 Å². The van der Waals surface area contributed by atoms with Crippen molar-refractivity contribution in [3.8, 4) is 0 Å². The Labute approximate surface area is 80.7 Å². The van der Waals surface area contributed by atoms with Crippen LogP contribution in [0.25, 0.3) is 0 Å². The van der Waals surface area contributed by atoms with E-state index in [1.807, 2.05) is 0 Å². The second kappa shape index (κ2) is 4.72.